The van der Waals surface area contributed by atoms with E-state index in [1.54, 1.807) is 0 Å². The third-order valence-electron chi connectivity index (χ3n) is 3.39. The fraction of sp³-hybridized carbons (Fsp3) is 0.444. The van der Waals surface area contributed by atoms with Crippen LogP contribution in [0.2, 0.25) is 0 Å². The van der Waals surface area contributed by atoms with Crippen molar-refractivity contribution in [2.45, 2.75) is 52.4 Å². The lowest BCUT2D eigenvalue weighted by Gasteiger charge is -2.08. The predicted octanol–water partition coefficient (Wildman–Crippen LogP) is 3.47. The van der Waals surface area contributed by atoms with Crippen LogP contribution in [0.4, 0.5) is 0 Å². The molecule has 0 aliphatic carbocycles. The SMILES string of the molecule is CCCCCCCC(=O)c1cc(OC(C)=O)cc(C(=O)OC=O)c1. The number of hydrogen-bond acceptors (Lipinski definition) is 6. The summed E-state index contributed by atoms with van der Waals surface area (Å²) in [7, 11) is 0. The molecule has 0 heterocycles. The van der Waals surface area contributed by atoms with Crippen LogP contribution in [0.1, 0.15) is 73.1 Å². The normalized spacial score (nSPS) is 10.1. The highest BCUT2D eigenvalue weighted by Crippen LogP contribution is 2.20. The van der Waals surface area contributed by atoms with Crippen LogP contribution in [0.5, 0.6) is 5.75 Å². The molecule has 0 saturated heterocycles. The summed E-state index contributed by atoms with van der Waals surface area (Å²) < 4.78 is 9.22. The van der Waals surface area contributed by atoms with Crippen LogP contribution >= 0.6 is 0 Å². The summed E-state index contributed by atoms with van der Waals surface area (Å²) >= 11 is 0. The van der Waals surface area contributed by atoms with Crippen LogP contribution in [0.25, 0.3) is 0 Å². The molecular formula is C18H22O6. The molecule has 6 heteroatoms. The number of rotatable bonds is 10. The van der Waals surface area contributed by atoms with Gasteiger partial charge in [0.25, 0.3) is 0 Å². The van der Waals surface area contributed by atoms with E-state index in [0.717, 1.165) is 32.1 Å². The fourth-order valence-electron chi connectivity index (χ4n) is 2.25. The lowest BCUT2D eigenvalue weighted by Crippen LogP contribution is -2.09. The molecular weight excluding hydrogens is 312 g/mol. The highest BCUT2D eigenvalue weighted by molar-refractivity contribution is 6.00. The fourth-order valence-corrected chi connectivity index (χ4v) is 2.25. The number of carbonyl (C=O) groups is 4. The van der Waals surface area contributed by atoms with Crippen LogP contribution in [0.3, 0.4) is 0 Å². The third kappa shape index (κ3) is 6.73. The van der Waals surface area contributed by atoms with E-state index in [1.807, 2.05) is 0 Å². The van der Waals surface area contributed by atoms with Gasteiger partial charge in [0.15, 0.2) is 5.78 Å². The summed E-state index contributed by atoms with van der Waals surface area (Å²) in [6.45, 7) is 3.34. The molecule has 0 aromatic heterocycles. The van der Waals surface area contributed by atoms with Gasteiger partial charge in [-0.1, -0.05) is 32.6 Å². The van der Waals surface area contributed by atoms with Gasteiger partial charge in [-0.25, -0.2) is 4.79 Å². The van der Waals surface area contributed by atoms with Crippen molar-refractivity contribution >= 4 is 24.2 Å². The average molecular weight is 334 g/mol. The van der Waals surface area contributed by atoms with Crippen molar-refractivity contribution in [1.29, 1.82) is 0 Å². The van der Waals surface area contributed by atoms with E-state index >= 15 is 0 Å². The van der Waals surface area contributed by atoms with Crippen molar-refractivity contribution in [2.75, 3.05) is 0 Å². The van der Waals surface area contributed by atoms with E-state index in [9.17, 15) is 19.2 Å². The van der Waals surface area contributed by atoms with Crippen molar-refractivity contribution in [1.82, 2.24) is 0 Å². The van der Waals surface area contributed by atoms with Crippen molar-refractivity contribution in [2.24, 2.45) is 0 Å². The maximum atomic E-state index is 12.3. The Morgan fingerprint density at radius 3 is 2.29 bits per heavy atom. The smallest absolute Gasteiger partial charge is 0.345 e. The molecule has 0 aliphatic rings. The molecule has 1 aromatic carbocycles. The minimum Gasteiger partial charge on any atom is -0.427 e. The van der Waals surface area contributed by atoms with Crippen LogP contribution in [0.15, 0.2) is 18.2 Å². The van der Waals surface area contributed by atoms with Crippen molar-refractivity contribution < 1.29 is 28.7 Å². The molecule has 0 N–H and O–H groups in total. The van der Waals surface area contributed by atoms with Crippen molar-refractivity contribution in [3.63, 3.8) is 0 Å². The van der Waals surface area contributed by atoms with Gasteiger partial charge in [-0.3, -0.25) is 14.4 Å². The van der Waals surface area contributed by atoms with Gasteiger partial charge in [0.2, 0.25) is 0 Å². The molecule has 0 bridgehead atoms. The molecule has 0 spiro atoms. The maximum absolute atomic E-state index is 12.3. The Hall–Kier alpha value is -2.50. The van der Waals surface area contributed by atoms with Gasteiger partial charge >= 0.3 is 18.4 Å². The molecule has 130 valence electrons. The van der Waals surface area contributed by atoms with Crippen molar-refractivity contribution in [3.05, 3.63) is 29.3 Å². The summed E-state index contributed by atoms with van der Waals surface area (Å²) in [6, 6.07) is 4.01. The minimum atomic E-state index is -0.906. The van der Waals surface area contributed by atoms with E-state index in [1.165, 1.54) is 25.1 Å². The molecule has 1 aromatic rings. The van der Waals surface area contributed by atoms with Gasteiger partial charge in [-0.15, -0.1) is 0 Å². The largest absolute Gasteiger partial charge is 0.427 e. The number of esters is 2. The average Bonchev–Trinajstić information content (AvgIpc) is 2.53. The van der Waals surface area contributed by atoms with Gasteiger partial charge in [0, 0.05) is 18.9 Å². The molecule has 0 amide bonds. The Kier molecular flexibility index (Phi) is 8.39. The monoisotopic (exact) mass is 334 g/mol. The van der Waals surface area contributed by atoms with E-state index in [-0.39, 0.29) is 29.1 Å². The number of ether oxygens (including phenoxy) is 2. The molecule has 1 rings (SSSR count). The van der Waals surface area contributed by atoms with Crippen LogP contribution in [-0.2, 0) is 14.3 Å². The van der Waals surface area contributed by atoms with Crippen LogP contribution < -0.4 is 4.74 Å². The van der Waals surface area contributed by atoms with Crippen molar-refractivity contribution in [3.8, 4) is 5.75 Å². The second kappa shape index (κ2) is 10.3. The Morgan fingerprint density at radius 2 is 1.67 bits per heavy atom. The van der Waals surface area contributed by atoms with Crippen LogP contribution in [-0.4, -0.2) is 24.2 Å². The molecule has 6 nitrogen and oxygen atoms in total. The zero-order valence-electron chi connectivity index (χ0n) is 14.0. The number of Topliss-reactive ketones (excluding diaryl/α,β-unsaturated/α-hetero) is 1. The van der Waals surface area contributed by atoms with Crippen LogP contribution in [0, 0.1) is 0 Å². The highest BCUT2D eigenvalue weighted by atomic mass is 16.6. The lowest BCUT2D eigenvalue weighted by atomic mass is 10.0. The van der Waals surface area contributed by atoms with E-state index in [0.29, 0.717) is 6.42 Å². The molecule has 0 saturated carbocycles. The minimum absolute atomic E-state index is 0.00998. The molecule has 0 radical (unpaired) electrons. The summed E-state index contributed by atoms with van der Waals surface area (Å²) in [6.07, 6.45) is 5.40. The Balaban J connectivity index is 2.88. The number of hydrogen-bond donors (Lipinski definition) is 0. The molecule has 0 unspecified atom stereocenters. The zero-order chi connectivity index (χ0) is 17.9. The summed E-state index contributed by atoms with van der Waals surface area (Å²) in [5.41, 5.74) is 0.234. The second-order valence-corrected chi connectivity index (χ2v) is 5.43. The number of unbranched alkanes of at least 4 members (excludes halogenated alkanes) is 4. The molecule has 0 atom stereocenters. The lowest BCUT2D eigenvalue weighted by molar-refractivity contribution is -0.132. The van der Waals surface area contributed by atoms with E-state index in [4.69, 9.17) is 4.74 Å². The molecule has 24 heavy (non-hydrogen) atoms. The first-order chi connectivity index (χ1) is 11.5. The Bertz CT molecular complexity index is 606. The number of benzene rings is 1. The Labute approximate surface area is 141 Å². The first kappa shape index (κ1) is 19.5. The summed E-state index contributed by atoms with van der Waals surface area (Å²) in [4.78, 5) is 45.4. The zero-order valence-corrected chi connectivity index (χ0v) is 14.0. The van der Waals surface area contributed by atoms with Gasteiger partial charge in [0.1, 0.15) is 5.75 Å². The highest BCUT2D eigenvalue weighted by Gasteiger charge is 2.15. The predicted molar refractivity (Wildman–Crippen MR) is 86.9 cm³/mol. The number of carbonyl (C=O) groups excluding carboxylic acids is 4. The summed E-state index contributed by atoms with van der Waals surface area (Å²) in [5, 5.41) is 0. The maximum Gasteiger partial charge on any atom is 0.345 e. The standard InChI is InChI=1S/C18H22O6/c1-3-4-5-6-7-8-17(21)14-9-15(18(22)23-12-19)11-16(10-14)24-13(2)20/h9-12H,3-8H2,1-2H3. The van der Waals surface area contributed by atoms with E-state index < -0.39 is 11.9 Å². The molecule has 0 aliphatic heterocycles. The second-order valence-electron chi connectivity index (χ2n) is 5.43. The van der Waals surface area contributed by atoms with Gasteiger partial charge < -0.3 is 9.47 Å². The topological polar surface area (TPSA) is 86.7 Å². The van der Waals surface area contributed by atoms with Gasteiger partial charge in [0.05, 0.1) is 5.56 Å². The summed E-state index contributed by atoms with van der Waals surface area (Å²) in [5.74, 6) is -1.57. The van der Waals surface area contributed by atoms with E-state index in [2.05, 4.69) is 11.7 Å². The Morgan fingerprint density at radius 1 is 1.00 bits per heavy atom. The number of ketones is 1. The molecule has 0 fully saturated rings. The first-order valence-corrected chi connectivity index (χ1v) is 7.99. The third-order valence-corrected chi connectivity index (χ3v) is 3.39. The first-order valence-electron chi connectivity index (χ1n) is 7.99. The van der Waals surface area contributed by atoms with Gasteiger partial charge in [-0.05, 0) is 24.6 Å². The quantitative estimate of drug-likeness (QED) is 0.163. The van der Waals surface area contributed by atoms with Gasteiger partial charge in [-0.2, -0.15) is 0 Å².